The number of alkyl halides is 2. The maximum atomic E-state index is 12.1. The van der Waals surface area contributed by atoms with Gasteiger partial charge in [-0.2, -0.15) is 0 Å². The fraction of sp³-hybridized carbons (Fsp3) is 0.889. The zero-order chi connectivity index (χ0) is 10.7. The molecule has 0 aromatic rings. The van der Waals surface area contributed by atoms with Crippen molar-refractivity contribution in [2.45, 2.75) is 44.7 Å². The Morgan fingerprint density at radius 3 is 2.40 bits per heavy atom. The SMILES string of the molecule is CC(N)CC(=O)N(CC(F)F)C1CC1.Cl. The molecule has 1 unspecified atom stereocenters. The largest absolute Gasteiger partial charge is 0.334 e. The summed E-state index contributed by atoms with van der Waals surface area (Å²) in [4.78, 5) is 12.8. The number of amides is 1. The van der Waals surface area contributed by atoms with Crippen LogP contribution >= 0.6 is 12.4 Å². The molecule has 1 amide bonds. The van der Waals surface area contributed by atoms with Crippen molar-refractivity contribution in [2.24, 2.45) is 5.73 Å². The van der Waals surface area contributed by atoms with Crippen LogP contribution in [0, 0.1) is 0 Å². The number of nitrogens with zero attached hydrogens (tertiary/aromatic N) is 1. The van der Waals surface area contributed by atoms with Crippen LogP contribution in [0.3, 0.4) is 0 Å². The summed E-state index contributed by atoms with van der Waals surface area (Å²) in [5.74, 6) is -0.247. The number of hydrogen-bond acceptors (Lipinski definition) is 2. The minimum absolute atomic E-state index is 0. The summed E-state index contributed by atoms with van der Waals surface area (Å²) in [5.41, 5.74) is 5.45. The first-order chi connectivity index (χ1) is 6.50. The molecule has 1 fully saturated rings. The van der Waals surface area contributed by atoms with Crippen LogP contribution in [0.5, 0.6) is 0 Å². The van der Waals surface area contributed by atoms with Crippen LogP contribution in [0.15, 0.2) is 0 Å². The molecule has 3 nitrogen and oxygen atoms in total. The molecule has 90 valence electrons. The Bertz CT molecular complexity index is 210. The predicted molar refractivity (Wildman–Crippen MR) is 56.3 cm³/mol. The van der Waals surface area contributed by atoms with Crippen molar-refractivity contribution in [1.82, 2.24) is 4.90 Å². The third-order valence-corrected chi connectivity index (χ3v) is 2.14. The standard InChI is InChI=1S/C9H16F2N2O.ClH/c1-6(12)4-9(14)13(5-8(10)11)7-2-3-7;/h6-8H,2-5,12H2,1H3;1H. The lowest BCUT2D eigenvalue weighted by Crippen LogP contribution is -2.39. The number of nitrogens with two attached hydrogens (primary N) is 1. The van der Waals surface area contributed by atoms with E-state index in [-0.39, 0.29) is 36.8 Å². The van der Waals surface area contributed by atoms with Crippen LogP contribution in [0.4, 0.5) is 8.78 Å². The van der Waals surface area contributed by atoms with Gasteiger partial charge in [-0.25, -0.2) is 8.78 Å². The normalized spacial score (nSPS) is 17.1. The van der Waals surface area contributed by atoms with E-state index in [4.69, 9.17) is 5.73 Å². The Morgan fingerprint density at radius 2 is 2.07 bits per heavy atom. The summed E-state index contributed by atoms with van der Waals surface area (Å²) >= 11 is 0. The van der Waals surface area contributed by atoms with E-state index < -0.39 is 13.0 Å². The maximum absolute atomic E-state index is 12.1. The van der Waals surface area contributed by atoms with Gasteiger partial charge in [0, 0.05) is 18.5 Å². The van der Waals surface area contributed by atoms with Crippen LogP contribution in [-0.4, -0.2) is 35.9 Å². The summed E-state index contributed by atoms with van der Waals surface area (Å²) in [6, 6.07) is -0.225. The van der Waals surface area contributed by atoms with Crippen LogP contribution in [-0.2, 0) is 4.79 Å². The molecule has 2 N–H and O–H groups in total. The molecule has 0 spiro atoms. The third kappa shape index (κ3) is 5.28. The predicted octanol–water partition coefficient (Wildman–Crippen LogP) is 1.40. The van der Waals surface area contributed by atoms with Crippen molar-refractivity contribution in [3.63, 3.8) is 0 Å². The van der Waals surface area contributed by atoms with E-state index in [1.807, 2.05) is 0 Å². The lowest BCUT2D eigenvalue weighted by Gasteiger charge is -2.22. The fourth-order valence-electron chi connectivity index (χ4n) is 1.38. The molecule has 1 atom stereocenters. The second-order valence-corrected chi connectivity index (χ2v) is 3.85. The quantitative estimate of drug-likeness (QED) is 0.792. The lowest BCUT2D eigenvalue weighted by atomic mass is 10.2. The molecule has 0 bridgehead atoms. The number of hydrogen-bond donors (Lipinski definition) is 1. The lowest BCUT2D eigenvalue weighted by molar-refractivity contribution is -0.134. The summed E-state index contributed by atoms with van der Waals surface area (Å²) in [6.45, 7) is 1.25. The number of rotatable bonds is 5. The van der Waals surface area contributed by atoms with E-state index in [1.165, 1.54) is 4.90 Å². The monoisotopic (exact) mass is 242 g/mol. The molecule has 1 saturated carbocycles. The number of carbonyl (C=O) groups excluding carboxylic acids is 1. The third-order valence-electron chi connectivity index (χ3n) is 2.14. The first-order valence-corrected chi connectivity index (χ1v) is 4.84. The molecule has 1 aliphatic carbocycles. The molecule has 0 aromatic carbocycles. The van der Waals surface area contributed by atoms with Gasteiger partial charge in [-0.1, -0.05) is 0 Å². The van der Waals surface area contributed by atoms with Crippen molar-refractivity contribution in [2.75, 3.05) is 6.54 Å². The molecule has 1 aliphatic rings. The minimum atomic E-state index is -2.45. The topological polar surface area (TPSA) is 46.3 Å². The van der Waals surface area contributed by atoms with Crippen molar-refractivity contribution in [3.05, 3.63) is 0 Å². The molecule has 0 radical (unpaired) electrons. The fourth-order valence-corrected chi connectivity index (χ4v) is 1.38. The second-order valence-electron chi connectivity index (χ2n) is 3.85. The van der Waals surface area contributed by atoms with Crippen LogP contribution in [0.1, 0.15) is 26.2 Å². The molecule has 1 rings (SSSR count). The van der Waals surface area contributed by atoms with Crippen LogP contribution in [0.25, 0.3) is 0 Å². The summed E-state index contributed by atoms with van der Waals surface area (Å²) in [7, 11) is 0. The highest BCUT2D eigenvalue weighted by atomic mass is 35.5. The first-order valence-electron chi connectivity index (χ1n) is 4.84. The number of carbonyl (C=O) groups is 1. The van der Waals surface area contributed by atoms with Crippen molar-refractivity contribution in [1.29, 1.82) is 0 Å². The van der Waals surface area contributed by atoms with Gasteiger partial charge >= 0.3 is 0 Å². The average Bonchev–Trinajstić information content (AvgIpc) is 2.80. The minimum Gasteiger partial charge on any atom is -0.334 e. The molecular weight excluding hydrogens is 226 g/mol. The van der Waals surface area contributed by atoms with Crippen LogP contribution in [0.2, 0.25) is 0 Å². The highest BCUT2D eigenvalue weighted by molar-refractivity contribution is 5.85. The van der Waals surface area contributed by atoms with Crippen molar-refractivity contribution < 1.29 is 13.6 Å². The van der Waals surface area contributed by atoms with Gasteiger partial charge in [0.25, 0.3) is 6.43 Å². The van der Waals surface area contributed by atoms with Gasteiger partial charge in [0.1, 0.15) is 0 Å². The molecule has 0 aromatic heterocycles. The van der Waals surface area contributed by atoms with Gasteiger partial charge in [0.2, 0.25) is 5.91 Å². The molecule has 0 heterocycles. The Morgan fingerprint density at radius 1 is 1.53 bits per heavy atom. The summed E-state index contributed by atoms with van der Waals surface area (Å²) in [6.07, 6.45) is -0.606. The van der Waals surface area contributed by atoms with E-state index in [2.05, 4.69) is 0 Å². The van der Waals surface area contributed by atoms with Gasteiger partial charge < -0.3 is 10.6 Å². The van der Waals surface area contributed by atoms with Gasteiger partial charge in [-0.15, -0.1) is 12.4 Å². The highest BCUT2D eigenvalue weighted by Gasteiger charge is 2.34. The van der Waals surface area contributed by atoms with Crippen molar-refractivity contribution >= 4 is 18.3 Å². The smallest absolute Gasteiger partial charge is 0.255 e. The highest BCUT2D eigenvalue weighted by Crippen LogP contribution is 2.28. The maximum Gasteiger partial charge on any atom is 0.255 e. The van der Waals surface area contributed by atoms with Crippen molar-refractivity contribution in [3.8, 4) is 0 Å². The Labute approximate surface area is 94.4 Å². The first kappa shape index (κ1) is 14.6. The van der Waals surface area contributed by atoms with E-state index in [9.17, 15) is 13.6 Å². The molecule has 6 heteroatoms. The average molecular weight is 243 g/mol. The Hall–Kier alpha value is -0.420. The molecule has 0 aliphatic heterocycles. The van der Waals surface area contributed by atoms with E-state index >= 15 is 0 Å². The second kappa shape index (κ2) is 6.23. The number of halogens is 3. The zero-order valence-corrected chi connectivity index (χ0v) is 9.47. The zero-order valence-electron chi connectivity index (χ0n) is 8.66. The van der Waals surface area contributed by atoms with Gasteiger partial charge in [-0.05, 0) is 19.8 Å². The van der Waals surface area contributed by atoms with Crippen LogP contribution < -0.4 is 5.73 Å². The van der Waals surface area contributed by atoms with Gasteiger partial charge in [0.05, 0.1) is 6.54 Å². The molecule has 0 saturated heterocycles. The Balaban J connectivity index is 0.00000196. The van der Waals surface area contributed by atoms with E-state index in [0.29, 0.717) is 0 Å². The summed E-state index contributed by atoms with van der Waals surface area (Å²) in [5, 5.41) is 0. The molecular formula is C9H17ClF2N2O. The molecule has 15 heavy (non-hydrogen) atoms. The summed E-state index contributed by atoms with van der Waals surface area (Å²) < 4.78 is 24.3. The van der Waals surface area contributed by atoms with E-state index in [0.717, 1.165) is 12.8 Å². The Kier molecular flexibility index (Phi) is 6.05. The van der Waals surface area contributed by atoms with E-state index in [1.54, 1.807) is 6.92 Å². The van der Waals surface area contributed by atoms with Gasteiger partial charge in [0.15, 0.2) is 0 Å². The van der Waals surface area contributed by atoms with Gasteiger partial charge in [-0.3, -0.25) is 4.79 Å².